The van der Waals surface area contributed by atoms with Gasteiger partial charge in [-0.25, -0.2) is 9.97 Å². The molecule has 1 unspecified atom stereocenters. The third-order valence-electron chi connectivity index (χ3n) is 2.01. The van der Waals surface area contributed by atoms with E-state index in [1.807, 2.05) is 5.38 Å². The molecular formula is C10H9BrN2O2S. The quantitative estimate of drug-likeness (QED) is 0.946. The number of rotatable bonds is 3. The summed E-state index contributed by atoms with van der Waals surface area (Å²) in [5.41, 5.74) is 0.697. The maximum absolute atomic E-state index is 10.0. The Morgan fingerprint density at radius 2 is 2.31 bits per heavy atom. The molecule has 0 aliphatic carbocycles. The molecule has 0 saturated heterocycles. The highest BCUT2D eigenvalue weighted by atomic mass is 79.9. The number of ether oxygens (including phenoxy) is 1. The second-order valence-electron chi connectivity index (χ2n) is 3.04. The van der Waals surface area contributed by atoms with Crippen LogP contribution in [-0.4, -0.2) is 22.2 Å². The van der Waals surface area contributed by atoms with Crippen molar-refractivity contribution in [1.29, 1.82) is 0 Å². The molecule has 0 amide bonds. The molecule has 2 heterocycles. The Kier molecular flexibility index (Phi) is 3.52. The third kappa shape index (κ3) is 2.40. The van der Waals surface area contributed by atoms with Crippen LogP contribution in [0.1, 0.15) is 16.7 Å². The summed E-state index contributed by atoms with van der Waals surface area (Å²) in [4.78, 5) is 8.19. The summed E-state index contributed by atoms with van der Waals surface area (Å²) in [7, 11) is 1.55. The second-order valence-corrected chi connectivity index (χ2v) is 4.75. The van der Waals surface area contributed by atoms with Crippen LogP contribution in [0.25, 0.3) is 0 Å². The lowest BCUT2D eigenvalue weighted by Gasteiger charge is -2.07. The molecule has 2 aromatic heterocycles. The van der Waals surface area contributed by atoms with Crippen molar-refractivity contribution < 1.29 is 9.84 Å². The number of pyridine rings is 1. The summed E-state index contributed by atoms with van der Waals surface area (Å²) < 4.78 is 5.68. The smallest absolute Gasteiger partial charge is 0.212 e. The van der Waals surface area contributed by atoms with E-state index in [9.17, 15) is 5.11 Å². The van der Waals surface area contributed by atoms with Crippen LogP contribution in [0.3, 0.4) is 0 Å². The molecule has 0 aliphatic rings. The number of hydrogen-bond acceptors (Lipinski definition) is 5. The van der Waals surface area contributed by atoms with Crippen LogP contribution in [-0.2, 0) is 0 Å². The van der Waals surface area contributed by atoms with Gasteiger partial charge in [-0.05, 0) is 22.0 Å². The molecule has 0 saturated carbocycles. The number of hydrogen-bond donors (Lipinski definition) is 1. The number of aromatic nitrogens is 2. The highest BCUT2D eigenvalue weighted by molar-refractivity contribution is 9.10. The predicted molar refractivity (Wildman–Crippen MR) is 64.7 cm³/mol. The van der Waals surface area contributed by atoms with Gasteiger partial charge >= 0.3 is 0 Å². The molecule has 0 aromatic carbocycles. The maximum Gasteiger partial charge on any atom is 0.212 e. The minimum absolute atomic E-state index is 0.524. The number of halogens is 1. The fourth-order valence-electron chi connectivity index (χ4n) is 1.21. The van der Waals surface area contributed by atoms with Crippen molar-refractivity contribution in [2.24, 2.45) is 0 Å². The van der Waals surface area contributed by atoms with Crippen molar-refractivity contribution in [2.45, 2.75) is 6.10 Å². The summed E-state index contributed by atoms with van der Waals surface area (Å²) in [6, 6.07) is 3.48. The Morgan fingerprint density at radius 1 is 1.50 bits per heavy atom. The monoisotopic (exact) mass is 300 g/mol. The first kappa shape index (κ1) is 11.5. The molecule has 4 nitrogen and oxygen atoms in total. The largest absolute Gasteiger partial charge is 0.481 e. The first-order valence-electron chi connectivity index (χ1n) is 4.49. The molecule has 2 rings (SSSR count). The fourth-order valence-corrected chi connectivity index (χ4v) is 2.48. The van der Waals surface area contributed by atoms with Crippen LogP contribution in [0.15, 0.2) is 28.3 Å². The topological polar surface area (TPSA) is 55.2 Å². The lowest BCUT2D eigenvalue weighted by Crippen LogP contribution is -2.00. The van der Waals surface area contributed by atoms with Crippen molar-refractivity contribution in [3.05, 3.63) is 38.9 Å². The average Bonchev–Trinajstić information content (AvgIpc) is 2.75. The molecule has 1 atom stereocenters. The zero-order valence-corrected chi connectivity index (χ0v) is 10.8. The Hall–Kier alpha value is -0.980. The van der Waals surface area contributed by atoms with E-state index in [0.717, 1.165) is 4.60 Å². The van der Waals surface area contributed by atoms with Crippen molar-refractivity contribution in [3.63, 3.8) is 0 Å². The van der Waals surface area contributed by atoms with E-state index in [1.165, 1.54) is 11.3 Å². The van der Waals surface area contributed by atoms with Gasteiger partial charge in [-0.1, -0.05) is 0 Å². The lowest BCUT2D eigenvalue weighted by molar-refractivity contribution is 0.219. The number of thiazole rings is 1. The Balaban J connectivity index is 2.23. The van der Waals surface area contributed by atoms with Crippen LogP contribution in [0.4, 0.5) is 0 Å². The van der Waals surface area contributed by atoms with Crippen molar-refractivity contribution in [1.82, 2.24) is 9.97 Å². The van der Waals surface area contributed by atoms with Gasteiger partial charge in [0.05, 0.1) is 7.11 Å². The van der Waals surface area contributed by atoms with E-state index >= 15 is 0 Å². The zero-order chi connectivity index (χ0) is 11.5. The molecular weight excluding hydrogens is 292 g/mol. The number of aliphatic hydroxyl groups is 1. The van der Waals surface area contributed by atoms with Crippen LogP contribution in [0.5, 0.6) is 5.88 Å². The van der Waals surface area contributed by atoms with Crippen molar-refractivity contribution in [3.8, 4) is 5.88 Å². The first-order chi connectivity index (χ1) is 7.70. The molecule has 0 bridgehead atoms. The summed E-state index contributed by atoms with van der Waals surface area (Å²) in [6.45, 7) is 0. The standard InChI is InChI=1S/C10H9BrN2O2S/c1-15-8-3-2-6(4-12-8)9(14)10-13-7(11)5-16-10/h2-5,9,14H,1H3. The molecule has 6 heteroatoms. The minimum Gasteiger partial charge on any atom is -0.481 e. The molecule has 84 valence electrons. The van der Waals surface area contributed by atoms with Gasteiger partial charge < -0.3 is 9.84 Å². The van der Waals surface area contributed by atoms with Gasteiger partial charge in [0.1, 0.15) is 15.7 Å². The van der Waals surface area contributed by atoms with Gasteiger partial charge in [-0.3, -0.25) is 0 Å². The van der Waals surface area contributed by atoms with Gasteiger partial charge in [0.15, 0.2) is 0 Å². The highest BCUT2D eigenvalue weighted by Crippen LogP contribution is 2.26. The Morgan fingerprint density at radius 3 is 2.81 bits per heavy atom. The van der Waals surface area contributed by atoms with E-state index in [1.54, 1.807) is 25.4 Å². The lowest BCUT2D eigenvalue weighted by atomic mass is 10.2. The Labute approximate surface area is 105 Å². The van der Waals surface area contributed by atoms with Gasteiger partial charge in [-0.15, -0.1) is 11.3 Å². The van der Waals surface area contributed by atoms with E-state index in [-0.39, 0.29) is 0 Å². The molecule has 1 N–H and O–H groups in total. The molecule has 0 aliphatic heterocycles. The zero-order valence-electron chi connectivity index (χ0n) is 8.42. The summed E-state index contributed by atoms with van der Waals surface area (Å²) in [6.07, 6.45) is 0.841. The number of methoxy groups -OCH3 is 1. The van der Waals surface area contributed by atoms with Crippen molar-refractivity contribution in [2.75, 3.05) is 7.11 Å². The van der Waals surface area contributed by atoms with Crippen LogP contribution in [0.2, 0.25) is 0 Å². The van der Waals surface area contributed by atoms with Gasteiger partial charge in [0, 0.05) is 23.2 Å². The molecule has 16 heavy (non-hydrogen) atoms. The first-order valence-corrected chi connectivity index (χ1v) is 6.17. The molecule has 0 spiro atoms. The second kappa shape index (κ2) is 4.90. The maximum atomic E-state index is 10.0. The van der Waals surface area contributed by atoms with E-state index in [2.05, 4.69) is 25.9 Å². The van der Waals surface area contributed by atoms with Gasteiger partial charge in [0.2, 0.25) is 5.88 Å². The van der Waals surface area contributed by atoms with Crippen LogP contribution < -0.4 is 4.74 Å². The van der Waals surface area contributed by atoms with Gasteiger partial charge in [0.25, 0.3) is 0 Å². The Bertz CT molecular complexity index is 472. The predicted octanol–water partition coefficient (Wildman–Crippen LogP) is 2.39. The normalized spacial score (nSPS) is 12.4. The van der Waals surface area contributed by atoms with E-state index < -0.39 is 6.10 Å². The van der Waals surface area contributed by atoms with E-state index in [0.29, 0.717) is 16.5 Å². The number of nitrogens with zero attached hydrogens (tertiary/aromatic N) is 2. The minimum atomic E-state index is -0.741. The van der Waals surface area contributed by atoms with Gasteiger partial charge in [-0.2, -0.15) is 0 Å². The molecule has 0 radical (unpaired) electrons. The SMILES string of the molecule is COc1ccc(C(O)c2nc(Br)cs2)cn1. The summed E-state index contributed by atoms with van der Waals surface area (Å²) >= 11 is 4.64. The fraction of sp³-hybridized carbons (Fsp3) is 0.200. The highest BCUT2D eigenvalue weighted by Gasteiger charge is 2.14. The van der Waals surface area contributed by atoms with Crippen molar-refractivity contribution >= 4 is 27.3 Å². The third-order valence-corrected chi connectivity index (χ3v) is 3.62. The number of aliphatic hydroxyl groups excluding tert-OH is 1. The average molecular weight is 301 g/mol. The summed E-state index contributed by atoms with van der Waals surface area (Å²) in [5, 5.41) is 12.5. The molecule has 2 aromatic rings. The van der Waals surface area contributed by atoms with Crippen LogP contribution >= 0.6 is 27.3 Å². The molecule has 0 fully saturated rings. The summed E-state index contributed by atoms with van der Waals surface area (Å²) in [5.74, 6) is 0.524. The van der Waals surface area contributed by atoms with Crippen LogP contribution in [0, 0.1) is 0 Å². The van der Waals surface area contributed by atoms with E-state index in [4.69, 9.17) is 4.74 Å².